The molecule has 10 heavy (non-hydrogen) atoms. The first-order valence-corrected chi connectivity index (χ1v) is 3.90. The molecule has 7 heteroatoms. The van der Waals surface area contributed by atoms with Crippen LogP contribution in [0.1, 0.15) is 0 Å². The molecule has 5 nitrogen and oxygen atoms in total. The first-order chi connectivity index (χ1) is 3.95. The quantitative estimate of drug-likeness (QED) is 0.337. The monoisotopic (exact) mass is 178 g/mol. The molecular weight excluding hydrogens is 169 g/mol. The molecule has 0 heterocycles. The molecule has 0 aromatic rings. The molecule has 0 aromatic carbocycles. The van der Waals surface area contributed by atoms with Gasteiger partial charge in [0.2, 0.25) is 0 Å². The van der Waals surface area contributed by atoms with Crippen LogP contribution in [0.2, 0.25) is 0 Å². The fourth-order valence-electron chi connectivity index (χ4n) is 0.311. The molecule has 0 amide bonds. The maximum absolute atomic E-state index is 9.94. The van der Waals surface area contributed by atoms with Gasteiger partial charge in [-0.1, -0.05) is 0 Å². The summed E-state index contributed by atoms with van der Waals surface area (Å²) in [6.45, 7) is -0.167. The zero-order valence-corrected chi connectivity index (χ0v) is 8.50. The van der Waals surface area contributed by atoms with Gasteiger partial charge in [-0.3, -0.25) is 4.55 Å². The molecule has 0 aliphatic heterocycles. The maximum atomic E-state index is 9.94. The summed E-state index contributed by atoms with van der Waals surface area (Å²) in [5.74, 6) is -0.691. The van der Waals surface area contributed by atoms with Crippen LogP contribution in [0.3, 0.4) is 0 Å². The average molecular weight is 178 g/mol. The maximum Gasteiger partial charge on any atom is 0.267 e. The minimum absolute atomic E-state index is 0. The van der Waals surface area contributed by atoms with E-state index in [1.54, 1.807) is 0 Å². The largest absolute Gasteiger partial charge is 0.391 e. The van der Waals surface area contributed by atoms with Gasteiger partial charge in [0.15, 0.2) is 0 Å². The van der Waals surface area contributed by atoms with E-state index < -0.39 is 22.0 Å². The molecule has 0 rings (SSSR count). The fraction of sp³-hybridized carbons (Fsp3) is 1.00. The minimum Gasteiger partial charge on any atom is -0.391 e. The van der Waals surface area contributed by atoms with Gasteiger partial charge in [-0.15, -0.1) is 0 Å². The summed E-state index contributed by atoms with van der Waals surface area (Å²) >= 11 is 0. The fourth-order valence-corrected chi connectivity index (χ4v) is 0.933. The number of hydrogen-bond donors (Lipinski definition) is 3. The predicted octanol–water partition coefficient (Wildman–Crippen LogP) is -2.19. The SMILES string of the molecule is NCC(O)CS(=O)(=O)O.[Na]. The van der Waals surface area contributed by atoms with Crippen LogP contribution < -0.4 is 5.73 Å². The van der Waals surface area contributed by atoms with Crippen LogP contribution in [-0.4, -0.2) is 66.0 Å². The summed E-state index contributed by atoms with van der Waals surface area (Å²) in [6, 6.07) is 0. The molecule has 1 unspecified atom stereocenters. The first kappa shape index (κ1) is 13.4. The van der Waals surface area contributed by atoms with Gasteiger partial charge in [0.25, 0.3) is 10.1 Å². The second-order valence-electron chi connectivity index (χ2n) is 1.64. The van der Waals surface area contributed by atoms with E-state index in [1.807, 2.05) is 0 Å². The second-order valence-corrected chi connectivity index (χ2v) is 3.14. The van der Waals surface area contributed by atoms with Crippen LogP contribution in [0.4, 0.5) is 0 Å². The zero-order valence-electron chi connectivity index (χ0n) is 5.69. The Kier molecular flexibility index (Phi) is 7.35. The summed E-state index contributed by atoms with van der Waals surface area (Å²) in [7, 11) is -4.07. The Morgan fingerprint density at radius 3 is 2.00 bits per heavy atom. The third kappa shape index (κ3) is 8.83. The summed E-state index contributed by atoms with van der Waals surface area (Å²) in [4.78, 5) is 0. The molecular formula is C3H9NNaO4S. The predicted molar refractivity (Wildman–Crippen MR) is 37.2 cm³/mol. The van der Waals surface area contributed by atoms with Crippen molar-refractivity contribution in [1.29, 1.82) is 0 Å². The Balaban J connectivity index is 0. The number of hydrogen-bond acceptors (Lipinski definition) is 4. The van der Waals surface area contributed by atoms with E-state index in [9.17, 15) is 8.42 Å². The van der Waals surface area contributed by atoms with Crippen LogP contribution in [-0.2, 0) is 10.1 Å². The van der Waals surface area contributed by atoms with E-state index in [-0.39, 0.29) is 36.1 Å². The number of nitrogens with two attached hydrogens (primary N) is 1. The molecule has 1 atom stereocenters. The van der Waals surface area contributed by atoms with Gasteiger partial charge in [0, 0.05) is 36.1 Å². The van der Waals surface area contributed by atoms with Gasteiger partial charge in [-0.2, -0.15) is 8.42 Å². The van der Waals surface area contributed by atoms with Crippen molar-refractivity contribution in [2.75, 3.05) is 12.3 Å². The molecule has 0 spiro atoms. The minimum atomic E-state index is -4.07. The molecule has 0 bridgehead atoms. The van der Waals surface area contributed by atoms with Crippen molar-refractivity contribution < 1.29 is 18.1 Å². The average Bonchev–Trinajstić information content (AvgIpc) is 1.62. The van der Waals surface area contributed by atoms with Crippen LogP contribution in [0.15, 0.2) is 0 Å². The summed E-state index contributed by atoms with van der Waals surface area (Å²) in [6.07, 6.45) is -1.17. The van der Waals surface area contributed by atoms with Crippen LogP contribution in [0.25, 0.3) is 0 Å². The van der Waals surface area contributed by atoms with E-state index >= 15 is 0 Å². The van der Waals surface area contributed by atoms with Crippen molar-refractivity contribution in [3.8, 4) is 0 Å². The van der Waals surface area contributed by atoms with Crippen molar-refractivity contribution in [2.24, 2.45) is 5.73 Å². The molecule has 4 N–H and O–H groups in total. The van der Waals surface area contributed by atoms with E-state index in [0.717, 1.165) is 0 Å². The van der Waals surface area contributed by atoms with E-state index in [2.05, 4.69) is 0 Å². The van der Waals surface area contributed by atoms with Crippen molar-refractivity contribution in [2.45, 2.75) is 6.10 Å². The third-order valence-electron chi connectivity index (χ3n) is 0.675. The summed E-state index contributed by atoms with van der Waals surface area (Å²) in [5.41, 5.74) is 4.85. The topological polar surface area (TPSA) is 101 Å². The number of aliphatic hydroxyl groups is 1. The van der Waals surface area contributed by atoms with Gasteiger partial charge in [0.1, 0.15) is 5.75 Å². The molecule has 1 radical (unpaired) electrons. The van der Waals surface area contributed by atoms with Gasteiger partial charge in [-0.25, -0.2) is 0 Å². The van der Waals surface area contributed by atoms with Crippen molar-refractivity contribution >= 4 is 39.7 Å². The van der Waals surface area contributed by atoms with Crippen molar-refractivity contribution in [1.82, 2.24) is 0 Å². The molecule has 0 fully saturated rings. The Bertz CT molecular complexity index is 167. The molecule has 0 aromatic heterocycles. The molecule has 0 aliphatic carbocycles. The molecule has 0 saturated heterocycles. The normalized spacial score (nSPS) is 13.9. The second kappa shape index (κ2) is 5.48. The van der Waals surface area contributed by atoms with Crippen molar-refractivity contribution in [3.63, 3.8) is 0 Å². The number of aliphatic hydroxyl groups excluding tert-OH is 1. The summed E-state index contributed by atoms with van der Waals surface area (Å²) in [5, 5.41) is 8.53. The van der Waals surface area contributed by atoms with Crippen molar-refractivity contribution in [3.05, 3.63) is 0 Å². The Labute approximate surface area is 81.6 Å². The van der Waals surface area contributed by atoms with Crippen LogP contribution in [0, 0.1) is 0 Å². The van der Waals surface area contributed by atoms with E-state index in [1.165, 1.54) is 0 Å². The van der Waals surface area contributed by atoms with Gasteiger partial charge in [-0.05, 0) is 0 Å². The first-order valence-electron chi connectivity index (χ1n) is 2.29. The Morgan fingerprint density at radius 1 is 1.50 bits per heavy atom. The Morgan fingerprint density at radius 2 is 1.90 bits per heavy atom. The van der Waals surface area contributed by atoms with Gasteiger partial charge >= 0.3 is 0 Å². The zero-order chi connectivity index (χ0) is 7.49. The van der Waals surface area contributed by atoms with E-state index in [0.29, 0.717) is 0 Å². The molecule has 57 valence electrons. The smallest absolute Gasteiger partial charge is 0.267 e. The van der Waals surface area contributed by atoms with Gasteiger partial charge < -0.3 is 10.8 Å². The van der Waals surface area contributed by atoms with E-state index in [4.69, 9.17) is 15.4 Å². The number of rotatable bonds is 3. The molecule has 0 aliphatic rings. The Hall–Kier alpha value is 0.830. The van der Waals surface area contributed by atoms with Crippen LogP contribution in [0.5, 0.6) is 0 Å². The molecule has 0 saturated carbocycles. The van der Waals surface area contributed by atoms with Gasteiger partial charge in [0.05, 0.1) is 6.10 Å². The third-order valence-corrected chi connectivity index (χ3v) is 1.48. The summed E-state index contributed by atoms with van der Waals surface area (Å²) < 4.78 is 28.0. The standard InChI is InChI=1S/C3H9NO4S.Na/c4-1-3(5)2-9(6,7)8;/h3,5H,1-2,4H2,(H,6,7,8);. The van der Waals surface area contributed by atoms with Crippen LogP contribution >= 0.6 is 0 Å².